The van der Waals surface area contributed by atoms with Gasteiger partial charge in [-0.25, -0.2) is 0 Å². The molecule has 5 heteroatoms. The maximum Gasteiger partial charge on any atom is 0.142 e. The van der Waals surface area contributed by atoms with Gasteiger partial charge >= 0.3 is 0 Å². The van der Waals surface area contributed by atoms with Crippen LogP contribution in [0.5, 0.6) is 0 Å². The summed E-state index contributed by atoms with van der Waals surface area (Å²) in [6.07, 6.45) is 2.73. The summed E-state index contributed by atoms with van der Waals surface area (Å²) in [4.78, 5) is 6.38. The van der Waals surface area contributed by atoms with Crippen LogP contribution in [0.2, 0.25) is 0 Å². The molecule has 17 heavy (non-hydrogen) atoms. The van der Waals surface area contributed by atoms with Gasteiger partial charge in [0, 0.05) is 25.4 Å². The van der Waals surface area contributed by atoms with Gasteiger partial charge in [0.1, 0.15) is 11.5 Å². The molecule has 0 spiro atoms. The summed E-state index contributed by atoms with van der Waals surface area (Å²) in [6.45, 7) is 2.37. The largest absolute Gasteiger partial charge is 0.382 e. The molecule has 0 bridgehead atoms. The second-order valence-electron chi connectivity index (χ2n) is 4.36. The van der Waals surface area contributed by atoms with E-state index >= 15 is 0 Å². The first kappa shape index (κ1) is 12.0. The third-order valence-electron chi connectivity index (χ3n) is 3.10. The predicted molar refractivity (Wildman–Crippen MR) is 65.9 cm³/mol. The van der Waals surface area contributed by atoms with Gasteiger partial charge in [0.2, 0.25) is 0 Å². The topological polar surface area (TPSA) is 75.2 Å². The van der Waals surface area contributed by atoms with Crippen LogP contribution in [-0.4, -0.2) is 42.0 Å². The van der Waals surface area contributed by atoms with Crippen molar-refractivity contribution in [2.24, 2.45) is 5.73 Å². The van der Waals surface area contributed by atoms with Crippen molar-refractivity contribution in [2.45, 2.75) is 19.0 Å². The smallest absolute Gasteiger partial charge is 0.142 e. The van der Waals surface area contributed by atoms with Crippen LogP contribution in [0.4, 0.5) is 0 Å². The highest BCUT2D eigenvalue weighted by molar-refractivity contribution is 5.94. The van der Waals surface area contributed by atoms with Gasteiger partial charge in [0.25, 0.3) is 0 Å². The van der Waals surface area contributed by atoms with Gasteiger partial charge in [0.05, 0.1) is 6.61 Å². The molecule has 2 heterocycles. The highest BCUT2D eigenvalue weighted by Crippen LogP contribution is 2.15. The summed E-state index contributed by atoms with van der Waals surface area (Å²) < 4.78 is 5.37. The number of nitrogens with zero attached hydrogens (tertiary/aromatic N) is 2. The second-order valence-corrected chi connectivity index (χ2v) is 4.36. The molecule has 1 aliphatic heterocycles. The number of aromatic nitrogens is 1. The molecule has 0 radical (unpaired) electrons. The first-order valence-electron chi connectivity index (χ1n) is 5.74. The lowest BCUT2D eigenvalue weighted by molar-refractivity contribution is 0.156. The molecule has 1 aromatic rings. The molecule has 0 aromatic carbocycles. The Kier molecular flexibility index (Phi) is 3.71. The summed E-state index contributed by atoms with van der Waals surface area (Å²) in [7, 11) is 2.07. The number of pyridine rings is 1. The highest BCUT2D eigenvalue weighted by Gasteiger charge is 2.21. The molecule has 1 aliphatic rings. The van der Waals surface area contributed by atoms with Crippen molar-refractivity contribution < 1.29 is 4.74 Å². The highest BCUT2D eigenvalue weighted by atomic mass is 16.5. The van der Waals surface area contributed by atoms with Gasteiger partial charge in [-0.3, -0.25) is 15.3 Å². The second kappa shape index (κ2) is 5.25. The van der Waals surface area contributed by atoms with E-state index < -0.39 is 0 Å². The molecule has 1 saturated heterocycles. The van der Waals surface area contributed by atoms with Crippen molar-refractivity contribution in [2.75, 3.05) is 20.3 Å². The molecule has 2 rings (SSSR count). The van der Waals surface area contributed by atoms with E-state index in [0.717, 1.165) is 31.7 Å². The SMILES string of the molecule is CN(Cc1cccnc1C(=N)N)C1CCOC1. The van der Waals surface area contributed by atoms with Crippen molar-refractivity contribution in [1.29, 1.82) is 5.41 Å². The van der Waals surface area contributed by atoms with E-state index in [0.29, 0.717) is 11.7 Å². The number of hydrogen-bond acceptors (Lipinski definition) is 4. The standard InChI is InChI=1S/C12H18N4O/c1-16(10-4-6-17-8-10)7-9-3-2-5-15-11(9)12(13)14/h2-3,5,10H,4,6-8H2,1H3,(H3,13,14). The average Bonchev–Trinajstić information content (AvgIpc) is 2.83. The molecule has 1 atom stereocenters. The fourth-order valence-electron chi connectivity index (χ4n) is 2.08. The average molecular weight is 234 g/mol. The molecule has 1 aromatic heterocycles. The Hall–Kier alpha value is -1.46. The molecular formula is C12H18N4O. The monoisotopic (exact) mass is 234 g/mol. The number of amidine groups is 1. The molecule has 0 amide bonds. The summed E-state index contributed by atoms with van der Waals surface area (Å²) in [5.41, 5.74) is 7.10. The van der Waals surface area contributed by atoms with Gasteiger partial charge in [-0.05, 0) is 25.1 Å². The van der Waals surface area contributed by atoms with E-state index in [1.165, 1.54) is 0 Å². The molecular weight excluding hydrogens is 216 g/mol. The number of nitrogens with two attached hydrogens (primary N) is 1. The minimum Gasteiger partial charge on any atom is -0.382 e. The zero-order valence-electron chi connectivity index (χ0n) is 10.0. The Morgan fingerprint density at radius 3 is 3.18 bits per heavy atom. The van der Waals surface area contributed by atoms with Crippen LogP contribution in [-0.2, 0) is 11.3 Å². The first-order valence-corrected chi connectivity index (χ1v) is 5.74. The van der Waals surface area contributed by atoms with E-state index in [9.17, 15) is 0 Å². The summed E-state index contributed by atoms with van der Waals surface area (Å²) in [5, 5.41) is 7.50. The third kappa shape index (κ3) is 2.81. The molecule has 92 valence electrons. The predicted octanol–water partition coefficient (Wildman–Crippen LogP) is 0.586. The maximum absolute atomic E-state index is 7.50. The Bertz CT molecular complexity index is 401. The van der Waals surface area contributed by atoms with Gasteiger partial charge in [-0.2, -0.15) is 0 Å². The number of likely N-dealkylation sites (N-methyl/N-ethyl adjacent to an activating group) is 1. The fraction of sp³-hybridized carbons (Fsp3) is 0.500. The fourth-order valence-corrected chi connectivity index (χ4v) is 2.08. The van der Waals surface area contributed by atoms with Crippen LogP contribution in [0.15, 0.2) is 18.3 Å². The Balaban J connectivity index is 2.09. The van der Waals surface area contributed by atoms with Crippen molar-refractivity contribution in [3.8, 4) is 0 Å². The molecule has 1 unspecified atom stereocenters. The summed E-state index contributed by atoms with van der Waals surface area (Å²) in [5.74, 6) is 0.0247. The summed E-state index contributed by atoms with van der Waals surface area (Å²) >= 11 is 0. The zero-order valence-corrected chi connectivity index (χ0v) is 10.0. The van der Waals surface area contributed by atoms with Gasteiger partial charge < -0.3 is 10.5 Å². The maximum atomic E-state index is 7.50. The lowest BCUT2D eigenvalue weighted by Gasteiger charge is -2.23. The Labute approximate surface area is 101 Å². The minimum atomic E-state index is 0.0247. The van der Waals surface area contributed by atoms with Crippen molar-refractivity contribution in [3.63, 3.8) is 0 Å². The molecule has 3 N–H and O–H groups in total. The van der Waals surface area contributed by atoms with Crippen molar-refractivity contribution in [1.82, 2.24) is 9.88 Å². The molecule has 0 aliphatic carbocycles. The van der Waals surface area contributed by atoms with Crippen molar-refractivity contribution >= 4 is 5.84 Å². The number of rotatable bonds is 4. The quantitative estimate of drug-likeness (QED) is 0.590. The number of nitrogen functional groups attached to an aromatic ring is 1. The Morgan fingerprint density at radius 2 is 2.53 bits per heavy atom. The third-order valence-corrected chi connectivity index (χ3v) is 3.10. The van der Waals surface area contributed by atoms with Crippen molar-refractivity contribution in [3.05, 3.63) is 29.6 Å². The Morgan fingerprint density at radius 1 is 1.71 bits per heavy atom. The van der Waals surface area contributed by atoms with Gasteiger partial charge in [-0.1, -0.05) is 6.07 Å². The van der Waals surface area contributed by atoms with Gasteiger partial charge in [-0.15, -0.1) is 0 Å². The lowest BCUT2D eigenvalue weighted by atomic mass is 10.1. The van der Waals surface area contributed by atoms with E-state index in [1.54, 1.807) is 6.20 Å². The molecule has 1 fully saturated rings. The minimum absolute atomic E-state index is 0.0247. The first-order chi connectivity index (χ1) is 8.18. The number of hydrogen-bond donors (Lipinski definition) is 2. The molecule has 0 saturated carbocycles. The summed E-state index contributed by atoms with van der Waals surface area (Å²) in [6, 6.07) is 4.30. The normalized spacial score (nSPS) is 19.8. The van der Waals surface area contributed by atoms with Crippen LogP contribution in [0.3, 0.4) is 0 Å². The van der Waals surface area contributed by atoms with Gasteiger partial charge in [0.15, 0.2) is 0 Å². The molecule has 5 nitrogen and oxygen atoms in total. The van der Waals surface area contributed by atoms with Crippen LogP contribution in [0, 0.1) is 5.41 Å². The lowest BCUT2D eigenvalue weighted by Crippen LogP contribution is -2.32. The van der Waals surface area contributed by atoms with Crippen LogP contribution in [0.25, 0.3) is 0 Å². The zero-order chi connectivity index (χ0) is 12.3. The van der Waals surface area contributed by atoms with E-state index in [-0.39, 0.29) is 5.84 Å². The van der Waals surface area contributed by atoms with Crippen LogP contribution < -0.4 is 5.73 Å². The number of nitrogens with one attached hydrogen (secondary N) is 1. The van der Waals surface area contributed by atoms with Crippen LogP contribution >= 0.6 is 0 Å². The van der Waals surface area contributed by atoms with E-state index in [1.807, 2.05) is 12.1 Å². The van der Waals surface area contributed by atoms with Crippen LogP contribution in [0.1, 0.15) is 17.7 Å². The van der Waals surface area contributed by atoms with E-state index in [4.69, 9.17) is 15.9 Å². The van der Waals surface area contributed by atoms with E-state index in [2.05, 4.69) is 16.9 Å². The number of ether oxygens (including phenoxy) is 1.